The van der Waals surface area contributed by atoms with Crippen LogP contribution in [0.4, 0.5) is 4.79 Å². The molecule has 0 bridgehead atoms. The van der Waals surface area contributed by atoms with E-state index in [0.29, 0.717) is 0 Å². The zero-order valence-corrected chi connectivity index (χ0v) is 11.8. The van der Waals surface area contributed by atoms with Crippen LogP contribution in [0.25, 0.3) is 10.9 Å². The first-order valence-corrected chi connectivity index (χ1v) is 6.38. The number of nitrogens with two attached hydrogens (primary N) is 1. The molecule has 1 aromatic heterocycles. The molecule has 4 nitrogen and oxygen atoms in total. The maximum absolute atomic E-state index is 12.2. The van der Waals surface area contributed by atoms with Gasteiger partial charge in [0, 0.05) is 17.6 Å². The first-order valence-electron chi connectivity index (χ1n) is 6.38. The molecular formula is C15H20N2O2. The maximum atomic E-state index is 12.2. The normalized spacial score (nSPS) is 13.5. The molecule has 0 aliphatic rings. The van der Waals surface area contributed by atoms with Gasteiger partial charge in [0.05, 0.1) is 5.52 Å². The molecule has 0 saturated carbocycles. The van der Waals surface area contributed by atoms with E-state index in [9.17, 15) is 4.79 Å². The summed E-state index contributed by atoms with van der Waals surface area (Å²) < 4.78 is 6.94. The van der Waals surface area contributed by atoms with E-state index >= 15 is 0 Å². The quantitative estimate of drug-likeness (QED) is 0.854. The van der Waals surface area contributed by atoms with Gasteiger partial charge in [-0.1, -0.05) is 18.2 Å². The standard InChI is InChI=1S/C15H20N2O2/c1-10(16)12-9-17(14(18)19-15(2,3)4)13-8-6-5-7-11(12)13/h5-10H,16H2,1-4H3/t10-/m1/s1. The number of para-hydroxylation sites is 1. The molecule has 2 rings (SSSR count). The number of carbonyl (C=O) groups excluding carboxylic acids is 1. The minimum Gasteiger partial charge on any atom is -0.443 e. The van der Waals surface area contributed by atoms with Crippen LogP contribution >= 0.6 is 0 Å². The van der Waals surface area contributed by atoms with E-state index in [4.69, 9.17) is 10.5 Å². The monoisotopic (exact) mass is 260 g/mol. The average molecular weight is 260 g/mol. The van der Waals surface area contributed by atoms with E-state index in [0.717, 1.165) is 16.5 Å². The summed E-state index contributed by atoms with van der Waals surface area (Å²) in [6.07, 6.45) is 1.39. The van der Waals surface area contributed by atoms with Crippen LogP contribution in [-0.4, -0.2) is 16.3 Å². The Balaban J connectivity index is 2.52. The third kappa shape index (κ3) is 2.79. The Bertz CT molecular complexity index is 606. The van der Waals surface area contributed by atoms with Crippen molar-refractivity contribution in [3.63, 3.8) is 0 Å². The molecule has 0 spiro atoms. The van der Waals surface area contributed by atoms with Crippen LogP contribution in [0, 0.1) is 0 Å². The van der Waals surface area contributed by atoms with E-state index in [1.54, 1.807) is 6.20 Å². The molecule has 0 aliphatic carbocycles. The van der Waals surface area contributed by atoms with Crippen molar-refractivity contribution in [1.82, 2.24) is 4.57 Å². The second-order valence-electron chi connectivity index (χ2n) is 5.74. The lowest BCUT2D eigenvalue weighted by Gasteiger charge is -2.19. The summed E-state index contributed by atoms with van der Waals surface area (Å²) in [5, 5.41) is 0.989. The second-order valence-corrected chi connectivity index (χ2v) is 5.74. The zero-order valence-electron chi connectivity index (χ0n) is 11.8. The smallest absolute Gasteiger partial charge is 0.419 e. The molecule has 0 radical (unpaired) electrons. The van der Waals surface area contributed by atoms with Gasteiger partial charge < -0.3 is 10.5 Å². The summed E-state index contributed by atoms with van der Waals surface area (Å²) >= 11 is 0. The van der Waals surface area contributed by atoms with E-state index < -0.39 is 5.60 Å². The highest BCUT2D eigenvalue weighted by Crippen LogP contribution is 2.26. The van der Waals surface area contributed by atoms with Crippen molar-refractivity contribution in [2.24, 2.45) is 5.73 Å². The summed E-state index contributed by atoms with van der Waals surface area (Å²) in [5.41, 5.74) is 7.21. The molecule has 1 atom stereocenters. The molecule has 0 saturated heterocycles. The Morgan fingerprint density at radius 2 is 1.95 bits per heavy atom. The summed E-state index contributed by atoms with van der Waals surface area (Å²) in [4.78, 5) is 12.2. The number of aromatic nitrogens is 1. The third-order valence-corrected chi connectivity index (χ3v) is 2.82. The lowest BCUT2D eigenvalue weighted by Crippen LogP contribution is -2.26. The fraction of sp³-hybridized carbons (Fsp3) is 0.400. The number of nitrogens with zero attached hydrogens (tertiary/aromatic N) is 1. The molecule has 2 N–H and O–H groups in total. The lowest BCUT2D eigenvalue weighted by molar-refractivity contribution is 0.0544. The Labute approximate surface area is 113 Å². The van der Waals surface area contributed by atoms with Gasteiger partial charge in [-0.2, -0.15) is 0 Å². The van der Waals surface area contributed by atoms with Crippen LogP contribution in [0.3, 0.4) is 0 Å². The lowest BCUT2D eigenvalue weighted by atomic mass is 10.1. The molecular weight excluding hydrogens is 240 g/mol. The maximum Gasteiger partial charge on any atom is 0.419 e. The number of benzene rings is 1. The summed E-state index contributed by atoms with van der Waals surface area (Å²) in [7, 11) is 0. The SMILES string of the molecule is C[C@@H](N)c1cn(C(=O)OC(C)(C)C)c2ccccc12. The van der Waals surface area contributed by atoms with Gasteiger partial charge in [-0.3, -0.25) is 4.57 Å². The van der Waals surface area contributed by atoms with E-state index in [1.807, 2.05) is 52.0 Å². The largest absolute Gasteiger partial charge is 0.443 e. The van der Waals surface area contributed by atoms with Crippen LogP contribution in [-0.2, 0) is 4.74 Å². The summed E-state index contributed by atoms with van der Waals surface area (Å²) in [6, 6.07) is 7.57. The van der Waals surface area contributed by atoms with Gasteiger partial charge >= 0.3 is 6.09 Å². The summed E-state index contributed by atoms with van der Waals surface area (Å²) in [5.74, 6) is 0. The van der Waals surface area contributed by atoms with Crippen LogP contribution in [0.1, 0.15) is 39.3 Å². The van der Waals surface area contributed by atoms with Crippen molar-refractivity contribution in [1.29, 1.82) is 0 Å². The molecule has 0 unspecified atom stereocenters. The fourth-order valence-electron chi connectivity index (χ4n) is 2.03. The molecule has 0 fully saturated rings. The fourth-order valence-corrected chi connectivity index (χ4v) is 2.03. The van der Waals surface area contributed by atoms with Crippen LogP contribution < -0.4 is 5.73 Å². The first-order chi connectivity index (χ1) is 8.79. The number of fused-ring (bicyclic) bond motifs is 1. The number of rotatable bonds is 1. The van der Waals surface area contributed by atoms with Crippen molar-refractivity contribution >= 4 is 17.0 Å². The Morgan fingerprint density at radius 1 is 1.32 bits per heavy atom. The van der Waals surface area contributed by atoms with Crippen molar-refractivity contribution in [3.8, 4) is 0 Å². The van der Waals surface area contributed by atoms with Crippen molar-refractivity contribution in [2.45, 2.75) is 39.3 Å². The van der Waals surface area contributed by atoms with Gasteiger partial charge in [0.25, 0.3) is 0 Å². The van der Waals surface area contributed by atoms with Gasteiger partial charge in [-0.25, -0.2) is 4.79 Å². The Kier molecular flexibility index (Phi) is 3.37. The molecule has 1 aromatic carbocycles. The highest BCUT2D eigenvalue weighted by atomic mass is 16.6. The van der Waals surface area contributed by atoms with Gasteiger partial charge in [0.1, 0.15) is 5.60 Å². The van der Waals surface area contributed by atoms with Gasteiger partial charge in [0.2, 0.25) is 0 Å². The predicted octanol–water partition coefficient (Wildman–Crippen LogP) is 3.44. The third-order valence-electron chi connectivity index (χ3n) is 2.82. The van der Waals surface area contributed by atoms with Crippen LogP contribution in [0.5, 0.6) is 0 Å². The zero-order chi connectivity index (χ0) is 14.2. The van der Waals surface area contributed by atoms with Crippen LogP contribution in [0.2, 0.25) is 0 Å². The minimum atomic E-state index is -0.517. The Hall–Kier alpha value is -1.81. The predicted molar refractivity (Wildman–Crippen MR) is 76.2 cm³/mol. The van der Waals surface area contributed by atoms with Gasteiger partial charge in [-0.15, -0.1) is 0 Å². The molecule has 2 aromatic rings. The highest BCUT2D eigenvalue weighted by Gasteiger charge is 2.21. The number of hydrogen-bond acceptors (Lipinski definition) is 3. The number of hydrogen-bond donors (Lipinski definition) is 1. The summed E-state index contributed by atoms with van der Waals surface area (Å²) in [6.45, 7) is 7.45. The molecule has 1 heterocycles. The topological polar surface area (TPSA) is 57.2 Å². The van der Waals surface area contributed by atoms with Crippen molar-refractivity contribution in [3.05, 3.63) is 36.0 Å². The van der Waals surface area contributed by atoms with E-state index in [1.165, 1.54) is 4.57 Å². The van der Waals surface area contributed by atoms with E-state index in [2.05, 4.69) is 0 Å². The highest BCUT2D eigenvalue weighted by molar-refractivity contribution is 5.92. The number of carbonyl (C=O) groups is 1. The van der Waals surface area contributed by atoms with Gasteiger partial charge in [-0.05, 0) is 39.3 Å². The van der Waals surface area contributed by atoms with E-state index in [-0.39, 0.29) is 12.1 Å². The second kappa shape index (κ2) is 4.70. The number of ether oxygens (including phenoxy) is 1. The van der Waals surface area contributed by atoms with Crippen molar-refractivity contribution < 1.29 is 9.53 Å². The molecule has 0 amide bonds. The minimum absolute atomic E-state index is 0.131. The molecule has 0 aliphatic heterocycles. The Morgan fingerprint density at radius 3 is 2.53 bits per heavy atom. The molecule has 19 heavy (non-hydrogen) atoms. The van der Waals surface area contributed by atoms with Crippen LogP contribution in [0.15, 0.2) is 30.5 Å². The average Bonchev–Trinajstić information content (AvgIpc) is 2.66. The molecule has 102 valence electrons. The molecule has 4 heteroatoms. The van der Waals surface area contributed by atoms with Gasteiger partial charge in [0.15, 0.2) is 0 Å². The van der Waals surface area contributed by atoms with Crippen molar-refractivity contribution in [2.75, 3.05) is 0 Å². The first kappa shape index (κ1) is 13.6.